The summed E-state index contributed by atoms with van der Waals surface area (Å²) in [5.74, 6) is 0.637. The van der Waals surface area contributed by atoms with E-state index in [1.165, 1.54) is 67.5 Å². The van der Waals surface area contributed by atoms with Gasteiger partial charge in [-0.25, -0.2) is 5.43 Å². The summed E-state index contributed by atoms with van der Waals surface area (Å²) in [5, 5.41) is 5.83. The lowest BCUT2D eigenvalue weighted by Gasteiger charge is -2.42. The van der Waals surface area contributed by atoms with Crippen molar-refractivity contribution in [2.75, 3.05) is 33.2 Å². The molecule has 6 heteroatoms. The van der Waals surface area contributed by atoms with Gasteiger partial charge in [0.05, 0.1) is 12.1 Å². The smallest absolute Gasteiger partial charge is 0.106 e. The summed E-state index contributed by atoms with van der Waals surface area (Å²) < 4.78 is 0. The second kappa shape index (κ2) is 24.8. The van der Waals surface area contributed by atoms with Crippen LogP contribution in [0.3, 0.4) is 0 Å². The molecule has 0 radical (unpaired) electrons. The molecule has 2 aromatic carbocycles. The number of hydrazine groups is 1. The Morgan fingerprint density at radius 3 is 2.17 bits per heavy atom. The Balaban J connectivity index is 0.00000194. The summed E-state index contributed by atoms with van der Waals surface area (Å²) in [4.78, 5) is 18.7. The molecule has 2 aromatic rings. The first kappa shape index (κ1) is 39.2. The minimum Gasteiger partial charge on any atom is -0.320 e. The van der Waals surface area contributed by atoms with E-state index < -0.39 is 0 Å². The molecule has 0 bridgehead atoms. The molecule has 236 valence electrons. The van der Waals surface area contributed by atoms with Gasteiger partial charge in [-0.1, -0.05) is 108 Å². The molecule has 2 aliphatic rings. The van der Waals surface area contributed by atoms with Crippen molar-refractivity contribution in [2.24, 2.45) is 0 Å². The molecular weight excluding hydrogens is 520 g/mol. The Hall–Kier alpha value is -2.80. The van der Waals surface area contributed by atoms with E-state index in [1.807, 2.05) is 41.3 Å². The van der Waals surface area contributed by atoms with Crippen molar-refractivity contribution in [3.05, 3.63) is 83.1 Å². The van der Waals surface area contributed by atoms with Crippen molar-refractivity contribution < 1.29 is 9.59 Å². The maximum atomic E-state index is 8.00. The van der Waals surface area contributed by atoms with E-state index in [1.54, 1.807) is 0 Å². The average Bonchev–Trinajstić information content (AvgIpc) is 3.50. The number of fused-ring (bicyclic) bond motifs is 1. The molecule has 3 atom stereocenters. The molecule has 0 amide bonds. The van der Waals surface area contributed by atoms with Gasteiger partial charge in [-0.2, -0.15) is 0 Å². The molecule has 2 N–H and O–H groups in total. The fourth-order valence-electron chi connectivity index (χ4n) is 5.53. The first-order chi connectivity index (χ1) is 20.7. The van der Waals surface area contributed by atoms with Crippen molar-refractivity contribution in [2.45, 2.75) is 98.1 Å². The number of piperazine rings is 1. The largest absolute Gasteiger partial charge is 0.320 e. The van der Waals surface area contributed by atoms with Crippen LogP contribution in [0.1, 0.15) is 102 Å². The van der Waals surface area contributed by atoms with E-state index in [2.05, 4.69) is 102 Å². The van der Waals surface area contributed by atoms with Crippen LogP contribution in [0.15, 0.2) is 66.4 Å². The van der Waals surface area contributed by atoms with Gasteiger partial charge in [-0.15, -0.1) is 0 Å². The fourth-order valence-corrected chi connectivity index (χ4v) is 5.53. The van der Waals surface area contributed by atoms with Crippen LogP contribution >= 0.6 is 0 Å². The normalized spacial score (nSPS) is 17.8. The molecule has 1 fully saturated rings. The molecule has 0 spiro atoms. The maximum Gasteiger partial charge on any atom is 0.106 e. The van der Waals surface area contributed by atoms with E-state index in [-0.39, 0.29) is 0 Å². The van der Waals surface area contributed by atoms with Crippen LogP contribution in [-0.2, 0) is 9.59 Å². The lowest BCUT2D eigenvalue weighted by atomic mass is 9.90. The highest BCUT2D eigenvalue weighted by Gasteiger charge is 2.35. The van der Waals surface area contributed by atoms with Gasteiger partial charge in [0.1, 0.15) is 13.6 Å². The lowest BCUT2D eigenvalue weighted by Crippen LogP contribution is -2.54. The molecule has 42 heavy (non-hydrogen) atoms. The van der Waals surface area contributed by atoms with Crippen LogP contribution in [0.4, 0.5) is 0 Å². The van der Waals surface area contributed by atoms with Gasteiger partial charge >= 0.3 is 0 Å². The van der Waals surface area contributed by atoms with Crippen LogP contribution in [0, 0.1) is 6.92 Å². The number of carbonyl (C=O) groups is 2. The third kappa shape index (κ3) is 13.0. The van der Waals surface area contributed by atoms with Gasteiger partial charge in [0.15, 0.2) is 0 Å². The lowest BCUT2D eigenvalue weighted by molar-refractivity contribution is -0.0987. The third-order valence-electron chi connectivity index (χ3n) is 7.54. The van der Waals surface area contributed by atoms with Gasteiger partial charge in [-0.05, 0) is 75.9 Å². The Morgan fingerprint density at radius 1 is 0.929 bits per heavy atom. The van der Waals surface area contributed by atoms with Crippen LogP contribution in [0.2, 0.25) is 0 Å². The molecule has 0 aromatic heterocycles. The van der Waals surface area contributed by atoms with Crippen LogP contribution in [0.25, 0.3) is 0 Å². The maximum absolute atomic E-state index is 8.00. The van der Waals surface area contributed by atoms with Crippen LogP contribution in [0.5, 0.6) is 0 Å². The standard InChI is InChI=1S/C30H44N4.2C2H6.2CH2O/c1-4-5-13-28-22-33(20-18-26(12-9-19-31-3)25-10-7-6-8-11-25)23-29-21-30(32-34(28)29)27-16-14-24(2)15-17-27;4*1-2/h6-8,10-11,14-17,21,26,28,30-32H,4-5,9,12-13,18-20,22-23H2,1-3H3;2*1-2H3;2*1H2. The molecule has 6 nitrogen and oxygen atoms in total. The van der Waals surface area contributed by atoms with Crippen molar-refractivity contribution in [1.29, 1.82) is 0 Å². The van der Waals surface area contributed by atoms with Gasteiger partial charge in [-0.3, -0.25) is 4.90 Å². The number of nitrogens with zero attached hydrogens (tertiary/aromatic N) is 2. The summed E-state index contributed by atoms with van der Waals surface area (Å²) >= 11 is 0. The van der Waals surface area contributed by atoms with Gasteiger partial charge < -0.3 is 19.9 Å². The summed E-state index contributed by atoms with van der Waals surface area (Å²) in [6, 6.07) is 21.0. The number of unbranched alkanes of at least 4 members (excludes halogenated alkanes) is 1. The first-order valence-corrected chi connectivity index (χ1v) is 16.0. The Labute approximate surface area is 257 Å². The molecule has 0 saturated carbocycles. The zero-order chi connectivity index (χ0) is 31.8. The molecule has 0 aliphatic carbocycles. The van der Waals surface area contributed by atoms with E-state index in [4.69, 9.17) is 9.59 Å². The predicted octanol–water partition coefficient (Wildman–Crippen LogP) is 7.47. The number of nitrogens with one attached hydrogen (secondary N) is 2. The van der Waals surface area contributed by atoms with Crippen molar-refractivity contribution in [3.8, 4) is 0 Å². The Kier molecular flexibility index (Phi) is 23.1. The summed E-state index contributed by atoms with van der Waals surface area (Å²) in [7, 11) is 2.06. The molecule has 1 saturated heterocycles. The topological polar surface area (TPSA) is 64.7 Å². The molecule has 3 unspecified atom stereocenters. The minimum absolute atomic E-state index is 0.290. The molecule has 2 heterocycles. The quantitative estimate of drug-likeness (QED) is 0.254. The number of rotatable bonds is 12. The monoisotopic (exact) mass is 580 g/mol. The highest BCUT2D eigenvalue weighted by molar-refractivity contribution is 5.31. The Morgan fingerprint density at radius 2 is 1.57 bits per heavy atom. The molecule has 4 rings (SSSR count). The second-order valence-electron chi connectivity index (χ2n) is 10.2. The first-order valence-electron chi connectivity index (χ1n) is 16.0. The van der Waals surface area contributed by atoms with Crippen molar-refractivity contribution in [1.82, 2.24) is 20.7 Å². The molecule has 2 aliphatic heterocycles. The summed E-state index contributed by atoms with van der Waals surface area (Å²) in [6.45, 7) is 20.9. The number of hydrogen-bond donors (Lipinski definition) is 2. The van der Waals surface area contributed by atoms with Gasteiger partial charge in [0.25, 0.3) is 0 Å². The average molecular weight is 581 g/mol. The van der Waals surface area contributed by atoms with E-state index in [0.29, 0.717) is 18.0 Å². The summed E-state index contributed by atoms with van der Waals surface area (Å²) in [6.07, 6.45) is 9.98. The number of carbonyl (C=O) groups excluding carboxylic acids is 2. The number of hydrogen-bond acceptors (Lipinski definition) is 6. The zero-order valence-electron chi connectivity index (χ0n) is 27.7. The number of benzene rings is 2. The van der Waals surface area contributed by atoms with Crippen LogP contribution in [-0.4, -0.2) is 62.8 Å². The second-order valence-corrected chi connectivity index (χ2v) is 10.2. The zero-order valence-corrected chi connectivity index (χ0v) is 27.7. The Bertz CT molecular complexity index is 933. The van der Waals surface area contributed by atoms with E-state index in [0.717, 1.165) is 19.6 Å². The van der Waals surface area contributed by atoms with E-state index >= 15 is 0 Å². The van der Waals surface area contributed by atoms with Crippen molar-refractivity contribution >= 4 is 13.6 Å². The van der Waals surface area contributed by atoms with Gasteiger partial charge in [0.2, 0.25) is 0 Å². The number of aryl methyl sites for hydroxylation is 1. The minimum atomic E-state index is 0.290. The van der Waals surface area contributed by atoms with E-state index in [9.17, 15) is 0 Å². The predicted molar refractivity (Wildman–Crippen MR) is 181 cm³/mol. The van der Waals surface area contributed by atoms with Crippen LogP contribution < -0.4 is 10.7 Å². The molecular formula is C36H60N4O2. The SMILES string of the molecule is C=O.C=O.CC.CC.CCCCC1CN(CCC(CCCNC)c2ccccc2)CC2=CC(c3ccc(C)cc3)NN21. The highest BCUT2D eigenvalue weighted by Crippen LogP contribution is 2.32. The van der Waals surface area contributed by atoms with Gasteiger partial charge in [0, 0.05) is 18.8 Å². The summed E-state index contributed by atoms with van der Waals surface area (Å²) in [5.41, 5.74) is 9.49. The highest BCUT2D eigenvalue weighted by atomic mass is 16.1. The third-order valence-corrected chi connectivity index (χ3v) is 7.54. The van der Waals surface area contributed by atoms with Crippen molar-refractivity contribution in [3.63, 3.8) is 0 Å². The fraction of sp³-hybridized carbons (Fsp3) is 0.556.